The van der Waals surface area contributed by atoms with Gasteiger partial charge in [0.2, 0.25) is 35.4 Å². The fraction of sp³-hybridized carbons (Fsp3) is 0.486. The molecule has 0 unspecified atom stereocenters. The summed E-state index contributed by atoms with van der Waals surface area (Å²) in [5, 5.41) is 25.8. The minimum absolute atomic E-state index is 0.0145. The molecule has 6 amide bonds. The summed E-state index contributed by atoms with van der Waals surface area (Å²) in [6.07, 6.45) is 0.878. The molecule has 6 atom stereocenters. The molecule has 1 aliphatic rings. The summed E-state index contributed by atoms with van der Waals surface area (Å²) in [4.78, 5) is 80.7. The molecular weight excluding hydrogens is 616 g/mol. The molecule has 1 aliphatic heterocycles. The Bertz CT molecular complexity index is 1430. The van der Waals surface area contributed by atoms with Gasteiger partial charge in [-0.15, -0.1) is 0 Å². The van der Waals surface area contributed by atoms with Crippen molar-refractivity contribution in [2.45, 2.75) is 90.5 Å². The fourth-order valence-corrected chi connectivity index (χ4v) is 5.27. The third-order valence-electron chi connectivity index (χ3n) is 8.25. The van der Waals surface area contributed by atoms with Gasteiger partial charge in [0.1, 0.15) is 36.0 Å². The topological polar surface area (TPSA) is 195 Å². The Morgan fingerprint density at radius 1 is 0.667 bits per heavy atom. The number of nitrogens with one attached hydrogen (secondary N) is 6. The maximum Gasteiger partial charge on any atom is 0.243 e. The van der Waals surface area contributed by atoms with Crippen LogP contribution < -0.4 is 31.9 Å². The Hall–Kier alpha value is -4.94. The molecule has 1 fully saturated rings. The van der Waals surface area contributed by atoms with E-state index in [2.05, 4.69) is 31.9 Å². The van der Waals surface area contributed by atoms with Gasteiger partial charge in [-0.05, 0) is 48.4 Å². The summed E-state index contributed by atoms with van der Waals surface area (Å²) < 4.78 is 0. The first-order valence-corrected chi connectivity index (χ1v) is 16.4. The largest absolute Gasteiger partial charge is 0.508 e. The van der Waals surface area contributed by atoms with E-state index >= 15 is 0 Å². The number of amides is 6. The van der Waals surface area contributed by atoms with Gasteiger partial charge >= 0.3 is 0 Å². The van der Waals surface area contributed by atoms with Crippen LogP contribution in [0.4, 0.5) is 0 Å². The Kier molecular flexibility index (Phi) is 13.9. The SMILES string of the molecule is CC[C@@H](C)[C@@H]1NC(=O)CNC(=O)[C@H](C)NC(=O)[C@H](Cc2ccc(O)cc2)NC(=O)[C@H](CC(C)C)NC(=O)[C@H](Cc2ccccc2)NC1=O. The summed E-state index contributed by atoms with van der Waals surface area (Å²) in [7, 11) is 0. The molecule has 1 heterocycles. The monoisotopic (exact) mass is 664 g/mol. The van der Waals surface area contributed by atoms with Crippen molar-refractivity contribution >= 4 is 35.4 Å². The molecule has 0 saturated carbocycles. The highest BCUT2D eigenvalue weighted by molar-refractivity contribution is 5.97. The van der Waals surface area contributed by atoms with E-state index in [1.54, 1.807) is 19.1 Å². The van der Waals surface area contributed by atoms with E-state index in [9.17, 15) is 33.9 Å². The minimum Gasteiger partial charge on any atom is -0.508 e. The van der Waals surface area contributed by atoms with Gasteiger partial charge < -0.3 is 37.0 Å². The number of phenolic OH excluding ortho intramolecular Hbond substituents is 1. The molecule has 3 rings (SSSR count). The van der Waals surface area contributed by atoms with Gasteiger partial charge in [-0.2, -0.15) is 0 Å². The molecule has 0 bridgehead atoms. The van der Waals surface area contributed by atoms with E-state index in [1.165, 1.54) is 19.1 Å². The summed E-state index contributed by atoms with van der Waals surface area (Å²) in [5.41, 5.74) is 1.38. The summed E-state index contributed by atoms with van der Waals surface area (Å²) in [6.45, 7) is 8.39. The molecule has 2 aromatic rings. The van der Waals surface area contributed by atoms with Crippen LogP contribution in [0.15, 0.2) is 54.6 Å². The molecule has 260 valence electrons. The molecular formula is C35H48N6O7. The van der Waals surface area contributed by atoms with E-state index in [0.29, 0.717) is 12.0 Å². The van der Waals surface area contributed by atoms with Crippen molar-refractivity contribution < 1.29 is 33.9 Å². The van der Waals surface area contributed by atoms with Crippen LogP contribution in [0.5, 0.6) is 5.75 Å². The average Bonchev–Trinajstić information content (AvgIpc) is 3.05. The zero-order chi connectivity index (χ0) is 35.4. The second-order valence-electron chi connectivity index (χ2n) is 12.8. The van der Waals surface area contributed by atoms with Crippen LogP contribution in [0.3, 0.4) is 0 Å². The summed E-state index contributed by atoms with van der Waals surface area (Å²) >= 11 is 0. The lowest BCUT2D eigenvalue weighted by Crippen LogP contribution is -2.61. The van der Waals surface area contributed by atoms with Crippen LogP contribution in [0.1, 0.15) is 58.6 Å². The fourth-order valence-electron chi connectivity index (χ4n) is 5.27. The number of aromatic hydroxyl groups is 1. The van der Waals surface area contributed by atoms with Gasteiger partial charge in [0.25, 0.3) is 0 Å². The molecule has 7 N–H and O–H groups in total. The molecule has 0 spiro atoms. The zero-order valence-corrected chi connectivity index (χ0v) is 28.2. The number of phenols is 1. The number of benzene rings is 2. The van der Waals surface area contributed by atoms with Crippen molar-refractivity contribution in [3.8, 4) is 5.75 Å². The molecule has 1 saturated heterocycles. The standard InChI is InChI=1S/C35H48N6O7/c1-6-21(4)30-35(48)40-28(17-23-10-8-7-9-11-23)34(47)38-26(16-20(2)3)33(46)39-27(18-24-12-14-25(42)15-13-24)32(45)37-22(5)31(44)36-19-29(43)41-30/h7-15,20-22,26-28,30,42H,6,16-19H2,1-5H3,(H,36,44)(H,37,45)(H,38,47)(H,39,46)(H,40,48)(H,41,43)/t21-,22+,26+,27+,28+,30+/m1/s1. The predicted molar refractivity (Wildman–Crippen MR) is 179 cm³/mol. The third-order valence-corrected chi connectivity index (χ3v) is 8.25. The smallest absolute Gasteiger partial charge is 0.243 e. The van der Waals surface area contributed by atoms with Crippen molar-refractivity contribution in [1.29, 1.82) is 0 Å². The number of hydrogen-bond acceptors (Lipinski definition) is 7. The molecule has 13 heteroatoms. The summed E-state index contributed by atoms with van der Waals surface area (Å²) in [6, 6.07) is 9.73. The van der Waals surface area contributed by atoms with Crippen LogP contribution in [0, 0.1) is 11.8 Å². The molecule has 0 aromatic heterocycles. The van der Waals surface area contributed by atoms with E-state index < -0.39 is 72.2 Å². The van der Waals surface area contributed by atoms with Gasteiger partial charge in [-0.3, -0.25) is 28.8 Å². The number of hydrogen-bond donors (Lipinski definition) is 7. The van der Waals surface area contributed by atoms with Gasteiger partial charge in [-0.1, -0.05) is 76.6 Å². The Morgan fingerprint density at radius 2 is 1.19 bits per heavy atom. The summed E-state index contributed by atoms with van der Waals surface area (Å²) in [5.74, 6) is -4.08. The van der Waals surface area contributed by atoms with Crippen molar-refractivity contribution in [2.24, 2.45) is 11.8 Å². The van der Waals surface area contributed by atoms with E-state index in [1.807, 2.05) is 51.1 Å². The highest BCUT2D eigenvalue weighted by Gasteiger charge is 2.34. The number of rotatable bonds is 8. The Labute approximate surface area is 281 Å². The maximum atomic E-state index is 13.9. The average molecular weight is 665 g/mol. The Balaban J connectivity index is 2.02. The van der Waals surface area contributed by atoms with Crippen molar-refractivity contribution in [3.05, 3.63) is 65.7 Å². The predicted octanol–water partition coefficient (Wildman–Crippen LogP) is 0.843. The van der Waals surface area contributed by atoms with Gasteiger partial charge in [0, 0.05) is 12.8 Å². The second-order valence-corrected chi connectivity index (χ2v) is 12.8. The van der Waals surface area contributed by atoms with E-state index in [-0.39, 0.29) is 36.8 Å². The highest BCUT2D eigenvalue weighted by Crippen LogP contribution is 2.14. The Morgan fingerprint density at radius 3 is 1.77 bits per heavy atom. The minimum atomic E-state index is -1.16. The van der Waals surface area contributed by atoms with Crippen molar-refractivity contribution in [2.75, 3.05) is 6.54 Å². The lowest BCUT2D eigenvalue weighted by Gasteiger charge is -2.29. The lowest BCUT2D eigenvalue weighted by molar-refractivity contribution is -0.136. The molecule has 0 radical (unpaired) electrons. The highest BCUT2D eigenvalue weighted by atomic mass is 16.3. The third kappa shape index (κ3) is 11.4. The number of carbonyl (C=O) groups excluding carboxylic acids is 6. The maximum absolute atomic E-state index is 13.9. The molecule has 48 heavy (non-hydrogen) atoms. The zero-order valence-electron chi connectivity index (χ0n) is 28.2. The van der Waals surface area contributed by atoms with Gasteiger partial charge in [-0.25, -0.2) is 0 Å². The van der Waals surface area contributed by atoms with E-state index in [0.717, 1.165) is 5.56 Å². The lowest BCUT2D eigenvalue weighted by atomic mass is 9.96. The van der Waals surface area contributed by atoms with E-state index in [4.69, 9.17) is 0 Å². The number of carbonyl (C=O) groups is 6. The van der Waals surface area contributed by atoms with Crippen molar-refractivity contribution in [1.82, 2.24) is 31.9 Å². The molecule has 0 aliphatic carbocycles. The molecule has 13 nitrogen and oxygen atoms in total. The van der Waals surface area contributed by atoms with Crippen LogP contribution in [-0.2, 0) is 41.6 Å². The molecule has 2 aromatic carbocycles. The van der Waals surface area contributed by atoms with Crippen LogP contribution in [-0.4, -0.2) is 77.3 Å². The van der Waals surface area contributed by atoms with Crippen molar-refractivity contribution in [3.63, 3.8) is 0 Å². The first kappa shape index (κ1) is 37.5. The second kappa shape index (κ2) is 17.8. The van der Waals surface area contributed by atoms with Gasteiger partial charge in [0.05, 0.1) is 6.54 Å². The van der Waals surface area contributed by atoms with Crippen LogP contribution in [0.2, 0.25) is 0 Å². The van der Waals surface area contributed by atoms with Crippen LogP contribution in [0.25, 0.3) is 0 Å². The van der Waals surface area contributed by atoms with Gasteiger partial charge in [0.15, 0.2) is 0 Å². The first-order valence-electron chi connectivity index (χ1n) is 16.4. The quantitative estimate of drug-likeness (QED) is 0.217. The normalized spacial score (nSPS) is 24.2. The first-order chi connectivity index (χ1) is 22.8. The van der Waals surface area contributed by atoms with Crippen LogP contribution >= 0.6 is 0 Å².